The van der Waals surface area contributed by atoms with Crippen molar-refractivity contribution in [3.8, 4) is 0 Å². The van der Waals surface area contributed by atoms with Crippen molar-refractivity contribution in [2.75, 3.05) is 18.6 Å². The minimum Gasteiger partial charge on any atom is -0.468 e. The van der Waals surface area contributed by atoms with Crippen LogP contribution in [0.3, 0.4) is 0 Å². The van der Waals surface area contributed by atoms with Gasteiger partial charge in [-0.3, -0.25) is 0 Å². The lowest BCUT2D eigenvalue weighted by Crippen LogP contribution is -2.20. The highest BCUT2D eigenvalue weighted by Crippen LogP contribution is 2.28. The zero-order chi connectivity index (χ0) is 11.6. The zero-order valence-corrected chi connectivity index (χ0v) is 10.2. The highest BCUT2D eigenvalue weighted by Gasteiger charge is 2.30. The lowest BCUT2D eigenvalue weighted by atomic mass is 9.98. The second kappa shape index (κ2) is 4.59. The minimum absolute atomic E-state index is 0.119. The first-order valence-electron chi connectivity index (χ1n) is 5.52. The molecule has 0 bridgehead atoms. The Balaban J connectivity index is 1.98. The molecule has 16 heavy (non-hydrogen) atoms. The van der Waals surface area contributed by atoms with E-state index in [0.717, 1.165) is 18.6 Å². The summed E-state index contributed by atoms with van der Waals surface area (Å²) in [6.07, 6.45) is 3.25. The summed E-state index contributed by atoms with van der Waals surface area (Å²) in [7, 11) is -0.905. The topological polar surface area (TPSA) is 59.3 Å². The molecule has 0 radical (unpaired) electrons. The maximum absolute atomic E-state index is 11.4. The van der Waals surface area contributed by atoms with Gasteiger partial charge >= 0.3 is 0 Å². The molecule has 1 saturated heterocycles. The van der Waals surface area contributed by atoms with Crippen molar-refractivity contribution in [3.63, 3.8) is 0 Å². The second-order valence-corrected chi connectivity index (χ2v) is 6.59. The lowest BCUT2D eigenvalue weighted by molar-refractivity contribution is 0.369. The van der Waals surface area contributed by atoms with Gasteiger partial charge in [-0.1, -0.05) is 0 Å². The van der Waals surface area contributed by atoms with E-state index in [1.165, 1.54) is 0 Å². The van der Waals surface area contributed by atoms with Crippen LogP contribution >= 0.6 is 0 Å². The van der Waals surface area contributed by atoms with Crippen LogP contribution in [0.25, 0.3) is 0 Å². The maximum atomic E-state index is 11.4. The van der Waals surface area contributed by atoms with Crippen LogP contribution in [0.4, 0.5) is 0 Å². The van der Waals surface area contributed by atoms with Crippen molar-refractivity contribution < 1.29 is 12.8 Å². The molecule has 2 atom stereocenters. The van der Waals surface area contributed by atoms with Crippen molar-refractivity contribution in [1.29, 1.82) is 0 Å². The fourth-order valence-corrected chi connectivity index (χ4v) is 4.14. The van der Waals surface area contributed by atoms with Gasteiger partial charge in [-0.25, -0.2) is 8.42 Å². The van der Waals surface area contributed by atoms with Gasteiger partial charge < -0.3 is 9.73 Å². The van der Waals surface area contributed by atoms with E-state index < -0.39 is 9.84 Å². The van der Waals surface area contributed by atoms with Gasteiger partial charge in [-0.15, -0.1) is 0 Å². The molecule has 0 amide bonds. The molecule has 1 aliphatic heterocycles. The fourth-order valence-electron chi connectivity index (χ4n) is 2.26. The Morgan fingerprint density at radius 3 is 2.94 bits per heavy atom. The quantitative estimate of drug-likeness (QED) is 0.867. The summed E-state index contributed by atoms with van der Waals surface area (Å²) in [6, 6.07) is 3.89. The van der Waals surface area contributed by atoms with Gasteiger partial charge in [-0.05, 0) is 37.9 Å². The Bertz CT molecular complexity index is 424. The van der Waals surface area contributed by atoms with Crippen LogP contribution in [0.15, 0.2) is 22.8 Å². The summed E-state index contributed by atoms with van der Waals surface area (Å²) < 4.78 is 28.0. The SMILES string of the molecule is CNC(CC1CCS(=O)(=O)C1)c1ccco1. The van der Waals surface area contributed by atoms with E-state index in [4.69, 9.17) is 4.42 Å². The summed E-state index contributed by atoms with van der Waals surface area (Å²) in [6.45, 7) is 0. The van der Waals surface area contributed by atoms with Crippen molar-refractivity contribution in [2.45, 2.75) is 18.9 Å². The molecule has 2 rings (SSSR count). The van der Waals surface area contributed by atoms with E-state index in [1.54, 1.807) is 6.26 Å². The highest BCUT2D eigenvalue weighted by atomic mass is 32.2. The predicted octanol–water partition coefficient (Wildman–Crippen LogP) is 1.36. The molecule has 0 aliphatic carbocycles. The largest absolute Gasteiger partial charge is 0.468 e. The molecule has 5 heteroatoms. The normalized spacial score (nSPS) is 25.7. The van der Waals surface area contributed by atoms with Crippen LogP contribution in [0.2, 0.25) is 0 Å². The third-order valence-corrected chi connectivity index (χ3v) is 4.97. The minimum atomic E-state index is -2.78. The summed E-state index contributed by atoms with van der Waals surface area (Å²) in [4.78, 5) is 0. The van der Waals surface area contributed by atoms with Crippen LogP contribution in [-0.2, 0) is 9.84 Å². The monoisotopic (exact) mass is 243 g/mol. The molecule has 1 aliphatic rings. The van der Waals surface area contributed by atoms with Crippen LogP contribution in [-0.4, -0.2) is 27.0 Å². The number of nitrogens with one attached hydrogen (secondary N) is 1. The van der Waals surface area contributed by atoms with E-state index in [9.17, 15) is 8.42 Å². The Hall–Kier alpha value is -0.810. The Labute approximate surface area is 95.9 Å². The summed E-state index contributed by atoms with van der Waals surface area (Å²) >= 11 is 0. The van der Waals surface area contributed by atoms with Crippen LogP contribution in [0, 0.1) is 5.92 Å². The molecular weight excluding hydrogens is 226 g/mol. The fraction of sp³-hybridized carbons (Fsp3) is 0.636. The van der Waals surface area contributed by atoms with E-state index in [2.05, 4.69) is 5.32 Å². The molecule has 2 heterocycles. The highest BCUT2D eigenvalue weighted by molar-refractivity contribution is 7.91. The molecule has 4 nitrogen and oxygen atoms in total. The van der Waals surface area contributed by atoms with Gasteiger partial charge in [0.05, 0.1) is 23.8 Å². The molecule has 1 fully saturated rings. The third-order valence-electron chi connectivity index (χ3n) is 3.13. The van der Waals surface area contributed by atoms with Gasteiger partial charge in [0, 0.05) is 0 Å². The van der Waals surface area contributed by atoms with Gasteiger partial charge in [-0.2, -0.15) is 0 Å². The molecule has 90 valence electrons. The number of sulfone groups is 1. The second-order valence-electron chi connectivity index (χ2n) is 4.36. The molecule has 0 spiro atoms. The first-order chi connectivity index (χ1) is 7.61. The van der Waals surface area contributed by atoms with Crippen LogP contribution in [0.1, 0.15) is 24.6 Å². The van der Waals surface area contributed by atoms with Gasteiger partial charge in [0.2, 0.25) is 0 Å². The first kappa shape index (κ1) is 11.7. The standard InChI is InChI=1S/C11H17NO3S/c1-12-10(11-3-2-5-15-11)7-9-4-6-16(13,14)8-9/h2-3,5,9-10,12H,4,6-8H2,1H3. The Kier molecular flexibility index (Phi) is 3.35. The smallest absolute Gasteiger partial charge is 0.150 e. The van der Waals surface area contributed by atoms with E-state index in [0.29, 0.717) is 11.5 Å². The van der Waals surface area contributed by atoms with E-state index in [-0.39, 0.29) is 12.0 Å². The Morgan fingerprint density at radius 2 is 2.44 bits per heavy atom. The first-order valence-corrected chi connectivity index (χ1v) is 7.34. The molecule has 1 aromatic heterocycles. The Morgan fingerprint density at radius 1 is 1.62 bits per heavy atom. The molecule has 1 N–H and O–H groups in total. The number of hydrogen-bond acceptors (Lipinski definition) is 4. The molecule has 1 aromatic rings. The number of furan rings is 1. The molecule has 2 unspecified atom stereocenters. The van der Waals surface area contributed by atoms with Gasteiger partial charge in [0.15, 0.2) is 9.84 Å². The van der Waals surface area contributed by atoms with Crippen molar-refractivity contribution in [2.24, 2.45) is 5.92 Å². The van der Waals surface area contributed by atoms with E-state index >= 15 is 0 Å². The predicted molar refractivity (Wildman–Crippen MR) is 61.9 cm³/mol. The third kappa shape index (κ3) is 2.65. The van der Waals surface area contributed by atoms with Crippen LogP contribution in [0.5, 0.6) is 0 Å². The van der Waals surface area contributed by atoms with Crippen molar-refractivity contribution >= 4 is 9.84 Å². The average Bonchev–Trinajstić information content (AvgIpc) is 2.84. The number of rotatable bonds is 4. The summed E-state index contributed by atoms with van der Waals surface area (Å²) in [5.74, 6) is 1.80. The van der Waals surface area contributed by atoms with Crippen LogP contribution < -0.4 is 5.32 Å². The maximum Gasteiger partial charge on any atom is 0.150 e. The van der Waals surface area contributed by atoms with E-state index in [1.807, 2.05) is 19.2 Å². The van der Waals surface area contributed by atoms with Crippen molar-refractivity contribution in [1.82, 2.24) is 5.32 Å². The van der Waals surface area contributed by atoms with Gasteiger partial charge in [0.25, 0.3) is 0 Å². The zero-order valence-electron chi connectivity index (χ0n) is 9.35. The number of hydrogen-bond donors (Lipinski definition) is 1. The summed E-state index contributed by atoms with van der Waals surface area (Å²) in [5.41, 5.74) is 0. The molecule has 0 saturated carbocycles. The van der Waals surface area contributed by atoms with Crippen molar-refractivity contribution in [3.05, 3.63) is 24.2 Å². The van der Waals surface area contributed by atoms with Gasteiger partial charge in [0.1, 0.15) is 5.76 Å². The average molecular weight is 243 g/mol. The summed E-state index contributed by atoms with van der Waals surface area (Å²) in [5, 5.41) is 3.17. The molecule has 0 aromatic carbocycles. The molecular formula is C11H17NO3S. The lowest BCUT2D eigenvalue weighted by Gasteiger charge is -2.16.